The van der Waals surface area contributed by atoms with Gasteiger partial charge >= 0.3 is 5.97 Å². The second-order valence-electron chi connectivity index (χ2n) is 8.88. The van der Waals surface area contributed by atoms with E-state index in [9.17, 15) is 4.79 Å². The molecule has 0 aliphatic heterocycles. The zero-order valence-corrected chi connectivity index (χ0v) is 22.5. The summed E-state index contributed by atoms with van der Waals surface area (Å²) >= 11 is 0. The van der Waals surface area contributed by atoms with Crippen LogP contribution in [-0.2, 0) is 27.9 Å². The van der Waals surface area contributed by atoms with E-state index < -0.39 is 26.2 Å². The van der Waals surface area contributed by atoms with Gasteiger partial charge < -0.3 is 23.1 Å². The Bertz CT molecular complexity index is 430. The molecule has 0 aromatic carbocycles. The Kier molecular flexibility index (Phi) is 14.5. The van der Waals surface area contributed by atoms with Crippen LogP contribution in [0.15, 0.2) is 12.2 Å². The average molecular weight is 451 g/mol. The maximum Gasteiger partial charge on any atom is 0.333 e. The highest BCUT2D eigenvalue weighted by Gasteiger charge is 2.26. The highest BCUT2D eigenvalue weighted by Crippen LogP contribution is 2.14. The molecule has 0 unspecified atom stereocenters. The van der Waals surface area contributed by atoms with Gasteiger partial charge in [0.25, 0.3) is 0 Å². The molecule has 0 fully saturated rings. The summed E-state index contributed by atoms with van der Waals surface area (Å²) in [6.45, 7) is 21.2. The number of carbonyl (C=O) groups is 1. The Morgan fingerprint density at radius 2 is 1.36 bits per heavy atom. The van der Waals surface area contributed by atoms with Crippen molar-refractivity contribution in [3.63, 3.8) is 0 Å². The highest BCUT2D eigenvalue weighted by molar-refractivity contribution is 6.71. The first-order chi connectivity index (χ1) is 12.9. The number of hydrogen-bond acceptors (Lipinski definition) is 6. The van der Waals surface area contributed by atoms with Gasteiger partial charge in [-0.3, -0.25) is 0 Å². The molecule has 0 aliphatic rings. The van der Waals surface area contributed by atoms with Crippen molar-refractivity contribution in [2.24, 2.45) is 0 Å². The van der Waals surface area contributed by atoms with Crippen molar-refractivity contribution < 1.29 is 27.9 Å². The first-order valence-corrected chi connectivity index (χ1v) is 18.9. The van der Waals surface area contributed by atoms with Crippen LogP contribution in [0.5, 0.6) is 0 Å². The van der Waals surface area contributed by atoms with Crippen molar-refractivity contribution in [2.45, 2.75) is 71.0 Å². The van der Waals surface area contributed by atoms with Gasteiger partial charge in [-0.1, -0.05) is 12.6 Å². The first-order valence-electron chi connectivity index (χ1n) is 10.2. The minimum absolute atomic E-state index is 0.0608. The van der Waals surface area contributed by atoms with Gasteiger partial charge in [0.15, 0.2) is 16.6 Å². The lowest BCUT2D eigenvalue weighted by molar-refractivity contribution is -0.140. The average Bonchev–Trinajstić information content (AvgIpc) is 2.52. The summed E-state index contributed by atoms with van der Waals surface area (Å²) in [6.07, 6.45) is 1.90. The fourth-order valence-electron chi connectivity index (χ4n) is 2.23. The molecule has 0 amide bonds. The van der Waals surface area contributed by atoms with Gasteiger partial charge in [-0.15, -0.1) is 0 Å². The van der Waals surface area contributed by atoms with Crippen LogP contribution in [0, 0.1) is 0 Å². The third-order valence-corrected chi connectivity index (χ3v) is 7.65. The fraction of sp³-hybridized carbons (Fsp3) is 0.842. The zero-order valence-electron chi connectivity index (χ0n) is 19.1. The smallest absolute Gasteiger partial charge is 0.333 e. The Morgan fingerprint density at radius 3 is 1.86 bits per heavy atom. The van der Waals surface area contributed by atoms with E-state index in [1.807, 2.05) is 0 Å². The van der Waals surface area contributed by atoms with E-state index in [2.05, 4.69) is 45.9 Å². The molecular formula is C19H42O6Si3. The molecule has 0 saturated heterocycles. The molecular weight excluding hydrogens is 408 g/mol. The van der Waals surface area contributed by atoms with E-state index in [0.29, 0.717) is 25.4 Å². The molecule has 0 aromatic rings. The summed E-state index contributed by atoms with van der Waals surface area (Å²) in [4.78, 5) is 11.2. The number of hydrogen-bond donors (Lipinski definition) is 0. The van der Waals surface area contributed by atoms with Crippen LogP contribution < -0.4 is 0 Å². The SMILES string of the molecule is C=C(C)C(=O)OCCOCCCOCCC[SiH2]C(O[Si](C)(C)C)O[Si](C)(C)C. The van der Waals surface area contributed by atoms with E-state index in [-0.39, 0.29) is 18.5 Å². The maximum atomic E-state index is 11.2. The standard InChI is InChI=1S/C19H42O6Si3/c1-17(2)18(20)23-15-14-22-12-9-11-21-13-10-16-26-19(24-27(3,4)5)25-28(6,7)8/h19H,1,9-16,26H2,2-8H3. The molecule has 0 saturated carbocycles. The van der Waals surface area contributed by atoms with Crippen LogP contribution in [0.1, 0.15) is 19.8 Å². The fourth-order valence-corrected chi connectivity index (χ4v) is 8.77. The van der Waals surface area contributed by atoms with Crippen molar-refractivity contribution in [1.29, 1.82) is 0 Å². The molecule has 0 aromatic heterocycles. The number of carbonyl (C=O) groups excluding carboxylic acids is 1. The van der Waals surface area contributed by atoms with Crippen molar-refractivity contribution in [1.82, 2.24) is 0 Å². The zero-order chi connectivity index (χ0) is 21.6. The predicted molar refractivity (Wildman–Crippen MR) is 123 cm³/mol. The number of esters is 1. The van der Waals surface area contributed by atoms with E-state index in [0.717, 1.165) is 19.4 Å². The molecule has 0 aliphatic carbocycles. The van der Waals surface area contributed by atoms with Crippen molar-refractivity contribution in [3.8, 4) is 0 Å². The van der Waals surface area contributed by atoms with Gasteiger partial charge in [-0.2, -0.15) is 0 Å². The molecule has 9 heteroatoms. The summed E-state index contributed by atoms with van der Waals surface area (Å²) in [5.74, 6) is -0.311. The first kappa shape index (κ1) is 27.7. The van der Waals surface area contributed by atoms with Crippen molar-refractivity contribution in [3.05, 3.63) is 12.2 Å². The maximum absolute atomic E-state index is 11.2. The molecule has 0 radical (unpaired) electrons. The van der Waals surface area contributed by atoms with Gasteiger partial charge in [-0.05, 0) is 59.0 Å². The Labute approximate surface area is 176 Å². The van der Waals surface area contributed by atoms with Crippen LogP contribution >= 0.6 is 0 Å². The molecule has 28 heavy (non-hydrogen) atoms. The summed E-state index contributed by atoms with van der Waals surface area (Å²) < 4.78 is 28.5. The second kappa shape index (κ2) is 14.6. The topological polar surface area (TPSA) is 63.2 Å². The number of rotatable bonds is 17. The summed E-state index contributed by atoms with van der Waals surface area (Å²) in [7, 11) is -3.58. The third kappa shape index (κ3) is 19.0. The quantitative estimate of drug-likeness (QED) is 0.111. The van der Waals surface area contributed by atoms with Crippen LogP contribution in [0.2, 0.25) is 45.3 Å². The lowest BCUT2D eigenvalue weighted by Gasteiger charge is -2.31. The van der Waals surface area contributed by atoms with Crippen LogP contribution in [-0.4, -0.2) is 71.1 Å². The third-order valence-electron chi connectivity index (χ3n) is 3.34. The molecule has 166 valence electrons. The van der Waals surface area contributed by atoms with Gasteiger partial charge in [0.2, 0.25) is 0 Å². The van der Waals surface area contributed by atoms with Crippen LogP contribution in [0.25, 0.3) is 0 Å². The molecule has 0 N–H and O–H groups in total. The summed E-state index contributed by atoms with van der Waals surface area (Å²) in [5.41, 5.74) is 0.405. The minimum Gasteiger partial charge on any atom is -0.460 e. The minimum atomic E-state index is -1.58. The Hall–Kier alpha value is -0.299. The van der Waals surface area contributed by atoms with Gasteiger partial charge in [0, 0.05) is 25.4 Å². The Balaban J connectivity index is 3.65. The van der Waals surface area contributed by atoms with Gasteiger partial charge in [-0.25, -0.2) is 4.79 Å². The normalized spacial score (nSPS) is 12.9. The monoisotopic (exact) mass is 450 g/mol. The van der Waals surface area contributed by atoms with Crippen LogP contribution in [0.4, 0.5) is 0 Å². The van der Waals surface area contributed by atoms with Gasteiger partial charge in [0.05, 0.1) is 16.1 Å². The number of ether oxygens (including phenoxy) is 3. The molecule has 0 rings (SSSR count). The largest absolute Gasteiger partial charge is 0.460 e. The molecule has 6 nitrogen and oxygen atoms in total. The Morgan fingerprint density at radius 1 is 0.857 bits per heavy atom. The van der Waals surface area contributed by atoms with E-state index in [1.165, 1.54) is 6.04 Å². The summed E-state index contributed by atoms with van der Waals surface area (Å²) in [5, 5.41) is 0. The van der Waals surface area contributed by atoms with Gasteiger partial charge in [0.1, 0.15) is 12.5 Å². The van der Waals surface area contributed by atoms with Crippen LogP contribution in [0.3, 0.4) is 0 Å². The lowest BCUT2D eigenvalue weighted by atomic mass is 10.4. The lowest BCUT2D eigenvalue weighted by Crippen LogP contribution is -2.43. The van der Waals surface area contributed by atoms with Crippen molar-refractivity contribution in [2.75, 3.05) is 33.0 Å². The summed E-state index contributed by atoms with van der Waals surface area (Å²) in [6, 6.07) is 1.17. The molecule has 0 atom stereocenters. The van der Waals surface area contributed by atoms with E-state index in [1.54, 1.807) is 6.92 Å². The van der Waals surface area contributed by atoms with Crippen molar-refractivity contribution >= 4 is 32.1 Å². The second-order valence-corrected chi connectivity index (χ2v) is 19.8. The highest BCUT2D eigenvalue weighted by atomic mass is 28.4. The van der Waals surface area contributed by atoms with E-state index >= 15 is 0 Å². The molecule has 0 heterocycles. The van der Waals surface area contributed by atoms with E-state index in [4.69, 9.17) is 23.1 Å². The predicted octanol–water partition coefficient (Wildman–Crippen LogP) is 3.49. The molecule has 0 spiro atoms. The molecule has 0 bridgehead atoms.